The largest absolute Gasteiger partial charge is 0.493 e. The molecule has 1 aromatic rings. The van der Waals surface area contributed by atoms with Crippen LogP contribution >= 0.6 is 0 Å². The molecule has 1 amide bonds. The number of hydrogen-bond donors (Lipinski definition) is 0. The Morgan fingerprint density at radius 1 is 1.35 bits per heavy atom. The van der Waals surface area contributed by atoms with E-state index in [4.69, 9.17) is 9.47 Å². The van der Waals surface area contributed by atoms with Crippen LogP contribution in [0, 0.1) is 5.92 Å². The highest BCUT2D eigenvalue weighted by Crippen LogP contribution is 2.30. The first kappa shape index (κ1) is 17.5. The molecule has 0 atom stereocenters. The first-order valence-corrected chi connectivity index (χ1v) is 7.45. The van der Waals surface area contributed by atoms with Crippen LogP contribution in [0.25, 0.3) is 0 Å². The van der Waals surface area contributed by atoms with Crippen LogP contribution < -0.4 is 9.47 Å². The van der Waals surface area contributed by atoms with Crippen molar-refractivity contribution in [3.8, 4) is 11.5 Å². The molecule has 1 heterocycles. The van der Waals surface area contributed by atoms with Gasteiger partial charge in [0.1, 0.15) is 0 Å². The summed E-state index contributed by atoms with van der Waals surface area (Å²) < 4.78 is 39.6. The second-order valence-electron chi connectivity index (χ2n) is 5.44. The Balaban J connectivity index is 2.04. The van der Waals surface area contributed by atoms with Crippen molar-refractivity contribution >= 4 is 5.91 Å². The molecule has 0 unspecified atom stereocenters. The topological polar surface area (TPSA) is 48.0 Å². The van der Waals surface area contributed by atoms with Crippen molar-refractivity contribution in [3.63, 3.8) is 0 Å². The summed E-state index contributed by atoms with van der Waals surface area (Å²) in [6.45, 7) is -1.42. The van der Waals surface area contributed by atoms with Gasteiger partial charge in [-0.2, -0.15) is 8.78 Å². The predicted octanol–water partition coefficient (Wildman–Crippen LogP) is 2.68. The highest BCUT2D eigenvalue weighted by atomic mass is 19.3. The number of amides is 1. The second kappa shape index (κ2) is 8.10. The minimum absolute atomic E-state index is 0.0353. The monoisotopic (exact) mass is 329 g/mol. The SMILES string of the molecule is COc1ccc(CN(C)C(=O)C2CCOCC2)cc1OC(F)F. The van der Waals surface area contributed by atoms with Crippen molar-refractivity contribution in [2.75, 3.05) is 27.4 Å². The van der Waals surface area contributed by atoms with Gasteiger partial charge in [0.25, 0.3) is 0 Å². The fourth-order valence-electron chi connectivity index (χ4n) is 2.62. The van der Waals surface area contributed by atoms with E-state index in [0.29, 0.717) is 38.2 Å². The molecule has 2 rings (SSSR count). The Morgan fingerprint density at radius 3 is 2.65 bits per heavy atom. The molecule has 5 nitrogen and oxygen atoms in total. The molecule has 0 saturated carbocycles. The quantitative estimate of drug-likeness (QED) is 0.805. The highest BCUT2D eigenvalue weighted by Gasteiger charge is 2.24. The molecule has 1 aliphatic rings. The Morgan fingerprint density at radius 2 is 2.04 bits per heavy atom. The predicted molar refractivity (Wildman–Crippen MR) is 79.6 cm³/mol. The van der Waals surface area contributed by atoms with Gasteiger partial charge in [-0.3, -0.25) is 4.79 Å². The van der Waals surface area contributed by atoms with E-state index in [1.807, 2.05) is 0 Å². The van der Waals surface area contributed by atoms with Crippen LogP contribution in [0.3, 0.4) is 0 Å². The third-order valence-corrected chi connectivity index (χ3v) is 3.81. The molecule has 0 aromatic heterocycles. The average Bonchev–Trinajstić information content (AvgIpc) is 2.54. The Hall–Kier alpha value is -1.89. The van der Waals surface area contributed by atoms with E-state index in [0.717, 1.165) is 0 Å². The molecular formula is C16H21F2NO4. The molecule has 0 spiro atoms. The Kier molecular flexibility index (Phi) is 6.15. The zero-order valence-electron chi connectivity index (χ0n) is 13.3. The first-order valence-electron chi connectivity index (χ1n) is 7.45. The number of carbonyl (C=O) groups excluding carboxylic acids is 1. The van der Waals surface area contributed by atoms with E-state index >= 15 is 0 Å². The van der Waals surface area contributed by atoms with Crippen LogP contribution in [0.15, 0.2) is 18.2 Å². The van der Waals surface area contributed by atoms with Gasteiger partial charge in [-0.05, 0) is 30.5 Å². The molecule has 0 aliphatic carbocycles. The average molecular weight is 329 g/mol. The zero-order valence-corrected chi connectivity index (χ0v) is 13.3. The van der Waals surface area contributed by atoms with Gasteiger partial charge in [0.05, 0.1) is 7.11 Å². The summed E-state index contributed by atoms with van der Waals surface area (Å²) in [5.74, 6) is 0.198. The van der Waals surface area contributed by atoms with Crippen LogP contribution in [-0.4, -0.2) is 44.8 Å². The van der Waals surface area contributed by atoms with E-state index in [9.17, 15) is 13.6 Å². The minimum atomic E-state index is -2.93. The smallest absolute Gasteiger partial charge is 0.387 e. The number of ether oxygens (including phenoxy) is 3. The van der Waals surface area contributed by atoms with Crippen molar-refractivity contribution in [1.82, 2.24) is 4.90 Å². The van der Waals surface area contributed by atoms with Crippen molar-refractivity contribution in [2.24, 2.45) is 5.92 Å². The molecule has 0 radical (unpaired) electrons. The van der Waals surface area contributed by atoms with Gasteiger partial charge in [0.2, 0.25) is 5.91 Å². The molecule has 0 N–H and O–H groups in total. The molecule has 23 heavy (non-hydrogen) atoms. The number of rotatable bonds is 6. The number of carbonyl (C=O) groups is 1. The molecule has 7 heteroatoms. The van der Waals surface area contributed by atoms with Crippen LogP contribution in [0.1, 0.15) is 18.4 Å². The summed E-state index contributed by atoms with van der Waals surface area (Å²) >= 11 is 0. The number of benzene rings is 1. The van der Waals surface area contributed by atoms with Crippen LogP contribution in [0.5, 0.6) is 11.5 Å². The Labute approximate surface area is 134 Å². The first-order chi connectivity index (χ1) is 11.0. The number of alkyl halides is 2. The number of nitrogens with zero attached hydrogens (tertiary/aromatic N) is 1. The van der Waals surface area contributed by atoms with Crippen molar-refractivity contribution in [2.45, 2.75) is 26.0 Å². The lowest BCUT2D eigenvalue weighted by molar-refractivity contribution is -0.137. The third-order valence-electron chi connectivity index (χ3n) is 3.81. The lowest BCUT2D eigenvalue weighted by Crippen LogP contribution is -2.35. The standard InChI is InChI=1S/C16H21F2NO4/c1-19(15(20)12-5-7-22-8-6-12)10-11-3-4-13(21-2)14(9-11)23-16(17)18/h3-4,9,12,16H,5-8,10H2,1-2H3. The Bertz CT molecular complexity index is 533. The van der Waals surface area contributed by atoms with Crippen LogP contribution in [-0.2, 0) is 16.1 Å². The summed E-state index contributed by atoms with van der Waals surface area (Å²) in [6, 6.07) is 4.75. The van der Waals surface area contributed by atoms with E-state index in [1.165, 1.54) is 13.2 Å². The van der Waals surface area contributed by atoms with E-state index < -0.39 is 6.61 Å². The molecule has 128 valence electrons. The van der Waals surface area contributed by atoms with Crippen LogP contribution in [0.2, 0.25) is 0 Å². The van der Waals surface area contributed by atoms with E-state index in [1.54, 1.807) is 24.1 Å². The lowest BCUT2D eigenvalue weighted by atomic mass is 9.98. The second-order valence-corrected chi connectivity index (χ2v) is 5.44. The summed E-state index contributed by atoms with van der Waals surface area (Å²) in [4.78, 5) is 14.0. The number of methoxy groups -OCH3 is 1. The molecule has 1 aromatic carbocycles. The van der Waals surface area contributed by atoms with Crippen molar-refractivity contribution in [1.29, 1.82) is 0 Å². The minimum Gasteiger partial charge on any atom is -0.493 e. The molecule has 1 saturated heterocycles. The van der Waals surface area contributed by atoms with Gasteiger partial charge in [0.15, 0.2) is 11.5 Å². The maximum atomic E-state index is 12.4. The van der Waals surface area contributed by atoms with Gasteiger partial charge >= 0.3 is 6.61 Å². The van der Waals surface area contributed by atoms with Gasteiger partial charge < -0.3 is 19.1 Å². The normalized spacial score (nSPS) is 15.5. The number of hydrogen-bond acceptors (Lipinski definition) is 4. The molecule has 1 fully saturated rings. The highest BCUT2D eigenvalue weighted by molar-refractivity contribution is 5.78. The summed E-state index contributed by atoms with van der Waals surface area (Å²) in [5, 5.41) is 0. The summed E-state index contributed by atoms with van der Waals surface area (Å²) in [7, 11) is 3.09. The summed E-state index contributed by atoms with van der Waals surface area (Å²) in [6.07, 6.45) is 1.43. The van der Waals surface area contributed by atoms with Gasteiger partial charge in [-0.25, -0.2) is 0 Å². The molecule has 0 bridgehead atoms. The van der Waals surface area contributed by atoms with Crippen molar-refractivity contribution < 1.29 is 27.8 Å². The third kappa shape index (κ3) is 4.79. The maximum absolute atomic E-state index is 12.4. The number of halogens is 2. The fraction of sp³-hybridized carbons (Fsp3) is 0.562. The molecular weight excluding hydrogens is 308 g/mol. The zero-order chi connectivity index (χ0) is 16.8. The van der Waals surface area contributed by atoms with Gasteiger partial charge in [-0.1, -0.05) is 6.07 Å². The summed E-state index contributed by atoms with van der Waals surface area (Å²) in [5.41, 5.74) is 0.698. The maximum Gasteiger partial charge on any atom is 0.387 e. The fourth-order valence-corrected chi connectivity index (χ4v) is 2.62. The van der Waals surface area contributed by atoms with Crippen molar-refractivity contribution in [3.05, 3.63) is 23.8 Å². The van der Waals surface area contributed by atoms with Gasteiger partial charge in [0, 0.05) is 32.7 Å². The van der Waals surface area contributed by atoms with E-state index in [2.05, 4.69) is 4.74 Å². The molecule has 1 aliphatic heterocycles. The van der Waals surface area contributed by atoms with Crippen LogP contribution in [0.4, 0.5) is 8.78 Å². The van der Waals surface area contributed by atoms with Gasteiger partial charge in [-0.15, -0.1) is 0 Å². The van der Waals surface area contributed by atoms with E-state index in [-0.39, 0.29) is 23.3 Å². The lowest BCUT2D eigenvalue weighted by Gasteiger charge is -2.26.